The van der Waals surface area contributed by atoms with E-state index >= 15 is 0 Å². The molecule has 3 unspecified atom stereocenters. The number of likely N-dealkylation sites (tertiary alicyclic amines) is 1. The van der Waals surface area contributed by atoms with Crippen LogP contribution in [0, 0.1) is 17.8 Å². The first-order valence-electron chi connectivity index (χ1n) is 7.10. The van der Waals surface area contributed by atoms with E-state index in [0.717, 1.165) is 12.5 Å². The lowest BCUT2D eigenvalue weighted by Gasteiger charge is -2.25. The van der Waals surface area contributed by atoms with Crippen molar-refractivity contribution in [1.82, 2.24) is 4.90 Å². The lowest BCUT2D eigenvalue weighted by atomic mass is 10.0. The second kappa shape index (κ2) is 4.05. The van der Waals surface area contributed by atoms with Gasteiger partial charge in [0.15, 0.2) is 0 Å². The third-order valence-corrected chi connectivity index (χ3v) is 5.17. The lowest BCUT2D eigenvalue weighted by Crippen LogP contribution is -2.36. The molecule has 90 valence electrons. The van der Waals surface area contributed by atoms with Gasteiger partial charge in [-0.25, -0.2) is 0 Å². The quantitative estimate of drug-likeness (QED) is 0.702. The van der Waals surface area contributed by atoms with Crippen LogP contribution in [0.1, 0.15) is 51.9 Å². The molecule has 2 saturated carbocycles. The van der Waals surface area contributed by atoms with Crippen LogP contribution in [0.3, 0.4) is 0 Å². The van der Waals surface area contributed by atoms with Crippen molar-refractivity contribution < 1.29 is 4.79 Å². The summed E-state index contributed by atoms with van der Waals surface area (Å²) in [6.07, 6.45) is 8.97. The highest BCUT2D eigenvalue weighted by Crippen LogP contribution is 2.45. The van der Waals surface area contributed by atoms with Gasteiger partial charge >= 0.3 is 0 Å². The van der Waals surface area contributed by atoms with Crippen LogP contribution in [0.2, 0.25) is 0 Å². The fraction of sp³-hybridized carbons (Fsp3) is 0.929. The molecule has 3 fully saturated rings. The Labute approximate surface area is 98.4 Å². The number of nitrogens with zero attached hydrogens (tertiary/aromatic N) is 1. The highest BCUT2D eigenvalue weighted by Gasteiger charge is 2.47. The number of carbonyl (C=O) groups excluding carboxylic acids is 1. The molecule has 1 amide bonds. The minimum absolute atomic E-state index is 0.408. The van der Waals surface area contributed by atoms with Crippen molar-refractivity contribution in [1.29, 1.82) is 0 Å². The molecule has 0 aromatic heterocycles. The van der Waals surface area contributed by atoms with Gasteiger partial charge in [0.05, 0.1) is 0 Å². The van der Waals surface area contributed by atoms with Crippen molar-refractivity contribution in [3.05, 3.63) is 0 Å². The maximum absolute atomic E-state index is 12.4. The summed E-state index contributed by atoms with van der Waals surface area (Å²) in [5.74, 6) is 2.46. The van der Waals surface area contributed by atoms with Crippen molar-refractivity contribution in [2.24, 2.45) is 17.8 Å². The molecule has 0 aromatic carbocycles. The van der Waals surface area contributed by atoms with E-state index in [1.54, 1.807) is 0 Å². The maximum Gasteiger partial charge on any atom is 0.226 e. The fourth-order valence-electron chi connectivity index (χ4n) is 4.18. The van der Waals surface area contributed by atoms with Gasteiger partial charge in [0.1, 0.15) is 0 Å². The number of hydrogen-bond acceptors (Lipinski definition) is 1. The molecule has 0 spiro atoms. The van der Waals surface area contributed by atoms with Crippen molar-refractivity contribution in [2.75, 3.05) is 6.54 Å². The average molecular weight is 221 g/mol. The predicted octanol–water partition coefficient (Wildman–Crippen LogP) is 2.82. The Hall–Kier alpha value is -0.530. The van der Waals surface area contributed by atoms with Gasteiger partial charge < -0.3 is 4.90 Å². The molecule has 3 atom stereocenters. The zero-order chi connectivity index (χ0) is 11.1. The van der Waals surface area contributed by atoms with Gasteiger partial charge in [0.25, 0.3) is 0 Å². The van der Waals surface area contributed by atoms with Crippen LogP contribution in [-0.2, 0) is 4.79 Å². The van der Waals surface area contributed by atoms with E-state index in [2.05, 4.69) is 11.8 Å². The Morgan fingerprint density at radius 2 is 2.00 bits per heavy atom. The molecule has 0 bridgehead atoms. The van der Waals surface area contributed by atoms with Crippen LogP contribution in [0.25, 0.3) is 0 Å². The molecule has 1 heterocycles. The first-order valence-corrected chi connectivity index (χ1v) is 7.10. The van der Waals surface area contributed by atoms with Crippen molar-refractivity contribution in [3.63, 3.8) is 0 Å². The Morgan fingerprint density at radius 3 is 2.62 bits per heavy atom. The maximum atomic E-state index is 12.4. The standard InChI is InChI=1S/C14H23NO/c1-2-10-7-11-9-15(12-5-3-4-6-12)14(16)13(11)8-10/h10-13H,2-9H2,1H3. The molecule has 0 radical (unpaired) electrons. The van der Waals surface area contributed by atoms with Gasteiger partial charge in [-0.1, -0.05) is 26.2 Å². The molecular formula is C14H23NO. The van der Waals surface area contributed by atoms with Crippen molar-refractivity contribution in [3.8, 4) is 0 Å². The van der Waals surface area contributed by atoms with E-state index in [9.17, 15) is 4.79 Å². The topological polar surface area (TPSA) is 20.3 Å². The minimum atomic E-state index is 0.408. The Morgan fingerprint density at radius 1 is 1.25 bits per heavy atom. The first kappa shape index (κ1) is 10.6. The van der Waals surface area contributed by atoms with Crippen LogP contribution >= 0.6 is 0 Å². The third-order valence-electron chi connectivity index (χ3n) is 5.17. The third kappa shape index (κ3) is 1.57. The van der Waals surface area contributed by atoms with Gasteiger partial charge in [-0.2, -0.15) is 0 Å². The molecular weight excluding hydrogens is 198 g/mol. The summed E-state index contributed by atoms with van der Waals surface area (Å²) >= 11 is 0. The van der Waals surface area contributed by atoms with Gasteiger partial charge in [-0.15, -0.1) is 0 Å². The van der Waals surface area contributed by atoms with Crippen molar-refractivity contribution >= 4 is 5.91 Å². The van der Waals surface area contributed by atoms with Gasteiger partial charge in [-0.3, -0.25) is 4.79 Å². The molecule has 1 aliphatic heterocycles. The molecule has 2 heteroatoms. The van der Waals surface area contributed by atoms with E-state index in [4.69, 9.17) is 0 Å². The van der Waals surface area contributed by atoms with E-state index in [1.807, 2.05) is 0 Å². The second-order valence-electron chi connectivity index (χ2n) is 6.04. The SMILES string of the molecule is CCC1CC2CN(C3CCCC3)C(=O)C2C1. The first-order chi connectivity index (χ1) is 7.79. The number of fused-ring (bicyclic) bond motifs is 1. The zero-order valence-electron chi connectivity index (χ0n) is 10.3. The van der Waals surface area contributed by atoms with Crippen LogP contribution < -0.4 is 0 Å². The van der Waals surface area contributed by atoms with Crippen LogP contribution in [0.5, 0.6) is 0 Å². The molecule has 0 N–H and O–H groups in total. The highest BCUT2D eigenvalue weighted by molar-refractivity contribution is 5.82. The van der Waals surface area contributed by atoms with E-state index in [-0.39, 0.29) is 0 Å². The van der Waals surface area contributed by atoms with E-state index in [1.165, 1.54) is 44.9 Å². The Bertz CT molecular complexity index is 282. The average Bonchev–Trinajstić information content (AvgIpc) is 2.96. The number of hydrogen-bond donors (Lipinski definition) is 0. The second-order valence-corrected chi connectivity index (χ2v) is 6.04. The molecule has 1 saturated heterocycles. The van der Waals surface area contributed by atoms with E-state index < -0.39 is 0 Å². The minimum Gasteiger partial charge on any atom is -0.339 e. The highest BCUT2D eigenvalue weighted by atomic mass is 16.2. The zero-order valence-corrected chi connectivity index (χ0v) is 10.3. The summed E-state index contributed by atoms with van der Waals surface area (Å²) in [5, 5.41) is 0. The van der Waals surface area contributed by atoms with Crippen LogP contribution in [0.15, 0.2) is 0 Å². The molecule has 2 aliphatic carbocycles. The Kier molecular flexibility index (Phi) is 2.68. The molecule has 3 aliphatic rings. The number of rotatable bonds is 2. The number of carbonyl (C=O) groups is 1. The number of amides is 1. The fourth-order valence-corrected chi connectivity index (χ4v) is 4.18. The van der Waals surface area contributed by atoms with E-state index in [0.29, 0.717) is 23.8 Å². The largest absolute Gasteiger partial charge is 0.339 e. The lowest BCUT2D eigenvalue weighted by molar-refractivity contribution is -0.133. The van der Waals surface area contributed by atoms with Gasteiger partial charge in [-0.05, 0) is 37.5 Å². The summed E-state index contributed by atoms with van der Waals surface area (Å²) in [7, 11) is 0. The molecule has 3 rings (SSSR count). The summed E-state index contributed by atoms with van der Waals surface area (Å²) in [5.41, 5.74) is 0. The normalized spacial score (nSPS) is 39.7. The monoisotopic (exact) mass is 221 g/mol. The molecule has 2 nitrogen and oxygen atoms in total. The molecule has 16 heavy (non-hydrogen) atoms. The summed E-state index contributed by atoms with van der Waals surface area (Å²) in [6, 6.07) is 0.609. The van der Waals surface area contributed by atoms with Gasteiger partial charge in [0.2, 0.25) is 5.91 Å². The van der Waals surface area contributed by atoms with Crippen LogP contribution in [-0.4, -0.2) is 23.4 Å². The predicted molar refractivity (Wildman–Crippen MR) is 64.0 cm³/mol. The molecule has 0 aromatic rings. The van der Waals surface area contributed by atoms with Crippen molar-refractivity contribution in [2.45, 2.75) is 57.9 Å². The summed E-state index contributed by atoms with van der Waals surface area (Å²) in [6.45, 7) is 3.36. The Balaban J connectivity index is 1.68. The summed E-state index contributed by atoms with van der Waals surface area (Å²) in [4.78, 5) is 14.6. The van der Waals surface area contributed by atoms with Gasteiger partial charge in [0, 0.05) is 18.5 Å². The summed E-state index contributed by atoms with van der Waals surface area (Å²) < 4.78 is 0. The smallest absolute Gasteiger partial charge is 0.226 e. The van der Waals surface area contributed by atoms with Crippen LogP contribution in [0.4, 0.5) is 0 Å².